The lowest BCUT2D eigenvalue weighted by Gasteiger charge is -2.34. The van der Waals surface area contributed by atoms with Crippen molar-refractivity contribution in [1.29, 1.82) is 0 Å². The predicted molar refractivity (Wildman–Crippen MR) is 87.0 cm³/mol. The van der Waals surface area contributed by atoms with Gasteiger partial charge in [-0.15, -0.1) is 12.3 Å². The van der Waals surface area contributed by atoms with E-state index in [1.165, 1.54) is 4.90 Å². The number of aliphatic carboxylic acids is 1. The van der Waals surface area contributed by atoms with Crippen molar-refractivity contribution in [2.75, 3.05) is 0 Å². The van der Waals surface area contributed by atoms with E-state index in [0.717, 1.165) is 11.1 Å². The Morgan fingerprint density at radius 3 is 2.62 bits per heavy atom. The number of hydrogen-bond donors (Lipinski definition) is 1. The summed E-state index contributed by atoms with van der Waals surface area (Å²) in [7, 11) is 0. The molecule has 124 valence electrons. The molecule has 2 aliphatic rings. The molecule has 24 heavy (non-hydrogen) atoms. The molecule has 0 fully saturated rings. The number of terminal acetylenes is 1. The molecular formula is C18H19N3O3. The molecule has 2 heterocycles. The minimum atomic E-state index is -0.972. The van der Waals surface area contributed by atoms with Crippen LogP contribution < -0.4 is 0 Å². The Morgan fingerprint density at radius 2 is 2.00 bits per heavy atom. The molecule has 6 heteroatoms. The summed E-state index contributed by atoms with van der Waals surface area (Å²) in [5, 5.41) is 17.5. The van der Waals surface area contributed by atoms with Crippen molar-refractivity contribution in [1.82, 2.24) is 4.90 Å². The van der Waals surface area contributed by atoms with Crippen LogP contribution in [0, 0.1) is 12.3 Å². The number of rotatable bonds is 6. The number of carboxylic acid groups (broad SMARTS) is 1. The molecule has 1 N–H and O–H groups in total. The topological polar surface area (TPSA) is 82.3 Å². The summed E-state index contributed by atoms with van der Waals surface area (Å²) in [4.78, 5) is 25.7. The molecule has 0 radical (unpaired) electrons. The maximum atomic E-state index is 12.6. The molecule has 0 aliphatic carbocycles. The van der Waals surface area contributed by atoms with Crippen molar-refractivity contribution < 1.29 is 14.7 Å². The van der Waals surface area contributed by atoms with Crippen LogP contribution in [0.2, 0.25) is 0 Å². The van der Waals surface area contributed by atoms with E-state index in [1.807, 2.05) is 24.3 Å². The van der Waals surface area contributed by atoms with Crippen molar-refractivity contribution in [2.45, 2.75) is 50.4 Å². The maximum Gasteiger partial charge on any atom is 0.326 e. The zero-order valence-electron chi connectivity index (χ0n) is 13.3. The van der Waals surface area contributed by atoms with Crippen molar-refractivity contribution >= 4 is 11.9 Å². The first kappa shape index (κ1) is 16.2. The Labute approximate surface area is 140 Å². The summed E-state index contributed by atoms with van der Waals surface area (Å²) in [6.45, 7) is 0.331. The number of nitrogens with zero attached hydrogens (tertiary/aromatic N) is 3. The standard InChI is InChI=1S/C18H19N3O3/c1-2-3-9-18(19-20-18)10-8-16(22)21-12-14-7-5-4-6-13(14)11-15(21)17(23)24/h1,4-7,15H,3,8-12H2,(H,23,24). The van der Waals surface area contributed by atoms with Gasteiger partial charge in [0.15, 0.2) is 5.66 Å². The van der Waals surface area contributed by atoms with Crippen LogP contribution in [-0.2, 0) is 22.6 Å². The normalized spacial score (nSPS) is 20.1. The van der Waals surface area contributed by atoms with Gasteiger partial charge >= 0.3 is 5.97 Å². The van der Waals surface area contributed by atoms with Gasteiger partial charge in [-0.25, -0.2) is 4.79 Å². The third-order valence-electron chi connectivity index (χ3n) is 4.65. The molecular weight excluding hydrogens is 306 g/mol. The highest BCUT2D eigenvalue weighted by Gasteiger charge is 2.41. The molecule has 1 amide bonds. The van der Waals surface area contributed by atoms with Gasteiger partial charge in [-0.1, -0.05) is 24.3 Å². The average molecular weight is 325 g/mol. The molecule has 0 saturated heterocycles. The van der Waals surface area contributed by atoms with Gasteiger partial charge in [-0.05, 0) is 11.1 Å². The van der Waals surface area contributed by atoms with E-state index in [1.54, 1.807) is 0 Å². The summed E-state index contributed by atoms with van der Waals surface area (Å²) in [5.41, 5.74) is 1.48. The predicted octanol–water partition coefficient (Wildman–Crippen LogP) is 2.38. The van der Waals surface area contributed by atoms with Crippen LogP contribution >= 0.6 is 0 Å². The van der Waals surface area contributed by atoms with Crippen LogP contribution in [0.5, 0.6) is 0 Å². The number of amides is 1. The van der Waals surface area contributed by atoms with Crippen molar-refractivity contribution in [3.8, 4) is 12.3 Å². The highest BCUT2D eigenvalue weighted by atomic mass is 16.4. The van der Waals surface area contributed by atoms with Gasteiger partial charge in [0, 0.05) is 38.6 Å². The van der Waals surface area contributed by atoms with Crippen LogP contribution in [0.4, 0.5) is 0 Å². The first-order valence-electron chi connectivity index (χ1n) is 8.01. The van der Waals surface area contributed by atoms with Crippen LogP contribution in [0.25, 0.3) is 0 Å². The molecule has 0 bridgehead atoms. The van der Waals surface area contributed by atoms with Gasteiger partial charge in [-0.2, -0.15) is 10.2 Å². The zero-order chi connectivity index (χ0) is 17.2. The van der Waals surface area contributed by atoms with Gasteiger partial charge < -0.3 is 10.0 Å². The van der Waals surface area contributed by atoms with Crippen LogP contribution in [0.3, 0.4) is 0 Å². The smallest absolute Gasteiger partial charge is 0.326 e. The SMILES string of the molecule is C#CCCC1(CCC(=O)N2Cc3ccccc3CC2C(=O)O)N=N1. The molecule has 0 saturated carbocycles. The minimum absolute atomic E-state index is 0.172. The summed E-state index contributed by atoms with van der Waals surface area (Å²) in [6.07, 6.45) is 7.52. The largest absolute Gasteiger partial charge is 0.480 e. The van der Waals surface area contributed by atoms with Gasteiger partial charge in [0.05, 0.1) is 0 Å². The van der Waals surface area contributed by atoms with Gasteiger partial charge in [0.25, 0.3) is 0 Å². The molecule has 3 rings (SSSR count). The van der Waals surface area contributed by atoms with Crippen LogP contribution in [0.15, 0.2) is 34.5 Å². The van der Waals surface area contributed by atoms with Gasteiger partial charge in [-0.3, -0.25) is 4.79 Å². The van der Waals surface area contributed by atoms with Gasteiger partial charge in [0.1, 0.15) is 6.04 Å². The number of benzene rings is 1. The van der Waals surface area contributed by atoms with Gasteiger partial charge in [0.2, 0.25) is 5.91 Å². The lowest BCUT2D eigenvalue weighted by atomic mass is 9.93. The molecule has 1 atom stereocenters. The third-order valence-corrected chi connectivity index (χ3v) is 4.65. The van der Waals surface area contributed by atoms with E-state index in [2.05, 4.69) is 16.1 Å². The van der Waals surface area contributed by atoms with Crippen molar-refractivity contribution in [3.63, 3.8) is 0 Å². The Kier molecular flexibility index (Phi) is 4.34. The highest BCUT2D eigenvalue weighted by molar-refractivity contribution is 5.84. The number of carboxylic acids is 1. The maximum absolute atomic E-state index is 12.6. The number of carbonyl (C=O) groups excluding carboxylic acids is 1. The van der Waals surface area contributed by atoms with Crippen molar-refractivity contribution in [3.05, 3.63) is 35.4 Å². The van der Waals surface area contributed by atoms with E-state index in [4.69, 9.17) is 6.42 Å². The Balaban J connectivity index is 1.67. The van der Waals surface area contributed by atoms with Crippen LogP contribution in [0.1, 0.15) is 36.8 Å². The van der Waals surface area contributed by atoms with Crippen molar-refractivity contribution in [2.24, 2.45) is 10.2 Å². The fourth-order valence-corrected chi connectivity index (χ4v) is 3.12. The molecule has 1 aromatic rings. The second kappa shape index (κ2) is 6.44. The molecule has 0 spiro atoms. The lowest BCUT2D eigenvalue weighted by Crippen LogP contribution is -2.48. The minimum Gasteiger partial charge on any atom is -0.480 e. The number of hydrogen-bond acceptors (Lipinski definition) is 4. The van der Waals surface area contributed by atoms with E-state index < -0.39 is 17.7 Å². The quantitative estimate of drug-likeness (QED) is 0.815. The second-order valence-corrected chi connectivity index (χ2v) is 6.24. The lowest BCUT2D eigenvalue weighted by molar-refractivity contribution is -0.151. The van der Waals surface area contributed by atoms with E-state index in [-0.39, 0.29) is 12.3 Å². The monoisotopic (exact) mass is 325 g/mol. The number of carbonyl (C=O) groups is 2. The van der Waals surface area contributed by atoms with E-state index in [0.29, 0.717) is 32.2 Å². The molecule has 6 nitrogen and oxygen atoms in total. The van der Waals surface area contributed by atoms with Crippen LogP contribution in [-0.4, -0.2) is 33.6 Å². The highest BCUT2D eigenvalue weighted by Crippen LogP contribution is 2.38. The summed E-state index contributed by atoms with van der Waals surface area (Å²) < 4.78 is 0. The average Bonchev–Trinajstić information content (AvgIpc) is 3.37. The first-order chi connectivity index (χ1) is 11.5. The molecule has 0 aromatic heterocycles. The third kappa shape index (κ3) is 3.30. The fourth-order valence-electron chi connectivity index (χ4n) is 3.12. The Bertz CT molecular complexity index is 729. The summed E-state index contributed by atoms with van der Waals surface area (Å²) >= 11 is 0. The summed E-state index contributed by atoms with van der Waals surface area (Å²) in [6, 6.07) is 6.83. The second-order valence-electron chi connectivity index (χ2n) is 6.24. The first-order valence-corrected chi connectivity index (χ1v) is 8.01. The molecule has 1 unspecified atom stereocenters. The Morgan fingerprint density at radius 1 is 1.29 bits per heavy atom. The zero-order valence-corrected chi connectivity index (χ0v) is 13.3. The fraction of sp³-hybridized carbons (Fsp3) is 0.444. The number of fused-ring (bicyclic) bond motifs is 1. The van der Waals surface area contributed by atoms with E-state index in [9.17, 15) is 14.7 Å². The Hall–Kier alpha value is -2.68. The molecule has 2 aliphatic heterocycles. The summed E-state index contributed by atoms with van der Waals surface area (Å²) in [5.74, 6) is 1.41. The van der Waals surface area contributed by atoms with E-state index >= 15 is 0 Å². The molecule has 1 aromatic carbocycles.